The number of methoxy groups -OCH3 is 1. The van der Waals surface area contributed by atoms with Crippen molar-refractivity contribution in [2.45, 2.75) is 19.4 Å². The molecule has 190 valence electrons. The van der Waals surface area contributed by atoms with Gasteiger partial charge in [-0.1, -0.05) is 18.2 Å². The standard InChI is InChI=1S/C28H26N2O7/c1-18(25(31)29-20-10-12-22(13-11-20)37-21-7-4-3-5-8-21)36-28(34)19-9-14-23-24(17-19)27(33)30(26(23)32)15-6-16-35-2/h3-5,7-14,17-18H,6,15-16H2,1-2H3,(H,29,31)/t18-/m0/s1. The van der Waals surface area contributed by atoms with E-state index in [-0.39, 0.29) is 23.2 Å². The minimum Gasteiger partial charge on any atom is -0.457 e. The maximum absolute atomic E-state index is 12.7. The van der Waals surface area contributed by atoms with Gasteiger partial charge in [0.1, 0.15) is 11.5 Å². The second kappa shape index (κ2) is 11.5. The number of carbonyl (C=O) groups is 4. The fourth-order valence-electron chi connectivity index (χ4n) is 3.74. The van der Waals surface area contributed by atoms with Crippen molar-refractivity contribution in [2.75, 3.05) is 25.6 Å². The van der Waals surface area contributed by atoms with E-state index in [4.69, 9.17) is 14.2 Å². The van der Waals surface area contributed by atoms with Crippen molar-refractivity contribution in [1.82, 2.24) is 4.90 Å². The van der Waals surface area contributed by atoms with E-state index in [0.717, 1.165) is 4.90 Å². The van der Waals surface area contributed by atoms with Gasteiger partial charge in [0, 0.05) is 25.9 Å². The molecule has 37 heavy (non-hydrogen) atoms. The molecule has 0 radical (unpaired) electrons. The zero-order valence-corrected chi connectivity index (χ0v) is 20.4. The second-order valence-corrected chi connectivity index (χ2v) is 8.34. The summed E-state index contributed by atoms with van der Waals surface area (Å²) >= 11 is 0. The summed E-state index contributed by atoms with van der Waals surface area (Å²) in [5.41, 5.74) is 0.931. The molecule has 1 atom stereocenters. The summed E-state index contributed by atoms with van der Waals surface area (Å²) in [5, 5.41) is 2.69. The third-order valence-corrected chi connectivity index (χ3v) is 5.69. The van der Waals surface area contributed by atoms with Gasteiger partial charge < -0.3 is 19.5 Å². The molecule has 0 saturated heterocycles. The van der Waals surface area contributed by atoms with Gasteiger partial charge in [-0.05, 0) is 67.9 Å². The number of carbonyl (C=O) groups excluding carboxylic acids is 4. The number of fused-ring (bicyclic) bond motifs is 1. The van der Waals surface area contributed by atoms with E-state index in [0.29, 0.717) is 30.2 Å². The first kappa shape index (κ1) is 25.6. The van der Waals surface area contributed by atoms with Crippen molar-refractivity contribution in [3.63, 3.8) is 0 Å². The topological polar surface area (TPSA) is 111 Å². The molecule has 0 unspecified atom stereocenters. The lowest BCUT2D eigenvalue weighted by atomic mass is 10.1. The highest BCUT2D eigenvalue weighted by atomic mass is 16.5. The van der Waals surface area contributed by atoms with Gasteiger partial charge >= 0.3 is 5.97 Å². The number of nitrogens with zero attached hydrogens (tertiary/aromatic N) is 1. The SMILES string of the molecule is COCCCN1C(=O)c2ccc(C(=O)O[C@@H](C)C(=O)Nc3ccc(Oc4ccccc4)cc3)cc2C1=O. The normalized spacial score (nSPS) is 13.2. The Morgan fingerprint density at radius 3 is 2.27 bits per heavy atom. The van der Waals surface area contributed by atoms with E-state index in [9.17, 15) is 19.2 Å². The minimum atomic E-state index is -1.11. The predicted molar refractivity (Wildman–Crippen MR) is 135 cm³/mol. The highest BCUT2D eigenvalue weighted by molar-refractivity contribution is 6.22. The van der Waals surface area contributed by atoms with E-state index < -0.39 is 29.8 Å². The number of nitrogens with one attached hydrogen (secondary N) is 1. The van der Waals surface area contributed by atoms with E-state index in [2.05, 4.69) is 5.32 Å². The molecule has 1 aliphatic rings. The Bertz CT molecular complexity index is 1310. The number of rotatable bonds is 10. The molecule has 3 aromatic carbocycles. The average molecular weight is 503 g/mol. The van der Waals surface area contributed by atoms with Crippen LogP contribution < -0.4 is 10.1 Å². The third-order valence-electron chi connectivity index (χ3n) is 5.69. The lowest BCUT2D eigenvalue weighted by Crippen LogP contribution is -2.31. The molecule has 3 amide bonds. The Hall–Kier alpha value is -4.50. The Labute approximate surface area is 213 Å². The quantitative estimate of drug-likeness (QED) is 0.250. The molecule has 9 heteroatoms. The number of para-hydroxylation sites is 1. The predicted octanol–water partition coefficient (Wildman–Crippen LogP) is 4.30. The van der Waals surface area contributed by atoms with Crippen LogP contribution in [0.15, 0.2) is 72.8 Å². The number of hydrogen-bond acceptors (Lipinski definition) is 7. The van der Waals surface area contributed by atoms with Crippen molar-refractivity contribution in [3.8, 4) is 11.5 Å². The number of amides is 3. The van der Waals surface area contributed by atoms with E-state index in [1.165, 1.54) is 25.1 Å². The van der Waals surface area contributed by atoms with Crippen LogP contribution in [0.4, 0.5) is 5.69 Å². The van der Waals surface area contributed by atoms with Gasteiger partial charge in [-0.2, -0.15) is 0 Å². The van der Waals surface area contributed by atoms with E-state index >= 15 is 0 Å². The fourth-order valence-corrected chi connectivity index (χ4v) is 3.74. The van der Waals surface area contributed by atoms with Crippen LogP contribution >= 0.6 is 0 Å². The van der Waals surface area contributed by atoms with Crippen molar-refractivity contribution in [2.24, 2.45) is 0 Å². The zero-order chi connectivity index (χ0) is 26.4. The summed E-state index contributed by atoms with van der Waals surface area (Å²) < 4.78 is 16.0. The van der Waals surface area contributed by atoms with Gasteiger partial charge in [0.2, 0.25) is 0 Å². The smallest absolute Gasteiger partial charge is 0.338 e. The fraction of sp³-hybridized carbons (Fsp3) is 0.214. The van der Waals surface area contributed by atoms with Crippen LogP contribution in [-0.2, 0) is 14.3 Å². The van der Waals surface area contributed by atoms with Crippen LogP contribution in [0, 0.1) is 0 Å². The van der Waals surface area contributed by atoms with Gasteiger partial charge in [0.25, 0.3) is 17.7 Å². The molecular formula is C28H26N2O7. The first-order valence-corrected chi connectivity index (χ1v) is 11.7. The molecule has 3 aromatic rings. The number of anilines is 1. The molecule has 9 nitrogen and oxygen atoms in total. The highest BCUT2D eigenvalue weighted by Gasteiger charge is 2.36. The summed E-state index contributed by atoms with van der Waals surface area (Å²) in [6.07, 6.45) is -0.601. The van der Waals surface area contributed by atoms with Gasteiger partial charge in [0.05, 0.1) is 16.7 Å². The molecule has 0 saturated carbocycles. The van der Waals surface area contributed by atoms with Crippen molar-refractivity contribution in [1.29, 1.82) is 0 Å². The molecule has 0 spiro atoms. The summed E-state index contributed by atoms with van der Waals surface area (Å²) in [5.74, 6) is -0.904. The molecule has 1 N–H and O–H groups in total. The molecule has 1 aliphatic heterocycles. The summed E-state index contributed by atoms with van der Waals surface area (Å²) in [6, 6.07) is 20.2. The maximum atomic E-state index is 12.7. The summed E-state index contributed by atoms with van der Waals surface area (Å²) in [7, 11) is 1.54. The van der Waals surface area contributed by atoms with Gasteiger partial charge in [-0.3, -0.25) is 19.3 Å². The van der Waals surface area contributed by atoms with Crippen LogP contribution in [0.2, 0.25) is 0 Å². The number of ether oxygens (including phenoxy) is 3. The molecule has 0 bridgehead atoms. The first-order chi connectivity index (χ1) is 17.9. The Morgan fingerprint density at radius 2 is 1.57 bits per heavy atom. The van der Waals surface area contributed by atoms with Crippen LogP contribution in [0.1, 0.15) is 44.4 Å². The Kier molecular flexibility index (Phi) is 7.95. The monoisotopic (exact) mass is 502 g/mol. The molecule has 1 heterocycles. The van der Waals surface area contributed by atoms with Crippen LogP contribution in [0.3, 0.4) is 0 Å². The average Bonchev–Trinajstić information content (AvgIpc) is 3.14. The zero-order valence-electron chi connectivity index (χ0n) is 20.4. The molecule has 0 fully saturated rings. The maximum Gasteiger partial charge on any atom is 0.338 e. The lowest BCUT2D eigenvalue weighted by molar-refractivity contribution is -0.123. The van der Waals surface area contributed by atoms with Gasteiger partial charge in [-0.25, -0.2) is 4.79 Å². The van der Waals surface area contributed by atoms with Crippen LogP contribution in [0.5, 0.6) is 11.5 Å². The first-order valence-electron chi connectivity index (χ1n) is 11.7. The van der Waals surface area contributed by atoms with Gasteiger partial charge in [0.15, 0.2) is 6.10 Å². The molecular weight excluding hydrogens is 476 g/mol. The van der Waals surface area contributed by atoms with Crippen molar-refractivity contribution in [3.05, 3.63) is 89.5 Å². The number of imide groups is 1. The van der Waals surface area contributed by atoms with E-state index in [1.807, 2.05) is 30.3 Å². The second-order valence-electron chi connectivity index (χ2n) is 8.34. The van der Waals surface area contributed by atoms with Crippen molar-refractivity contribution < 1.29 is 33.4 Å². The lowest BCUT2D eigenvalue weighted by Gasteiger charge is -2.14. The molecule has 4 rings (SSSR count). The van der Waals surface area contributed by atoms with Crippen LogP contribution in [0.25, 0.3) is 0 Å². The third kappa shape index (κ3) is 6.02. The number of benzene rings is 3. The largest absolute Gasteiger partial charge is 0.457 e. The Morgan fingerprint density at radius 1 is 0.892 bits per heavy atom. The number of hydrogen-bond donors (Lipinski definition) is 1. The van der Waals surface area contributed by atoms with E-state index in [1.54, 1.807) is 31.4 Å². The Balaban J connectivity index is 1.34. The molecule has 0 aliphatic carbocycles. The minimum absolute atomic E-state index is 0.0701. The molecule has 0 aromatic heterocycles. The van der Waals surface area contributed by atoms with Crippen molar-refractivity contribution >= 4 is 29.4 Å². The highest BCUT2D eigenvalue weighted by Crippen LogP contribution is 2.25. The number of esters is 1. The van der Waals surface area contributed by atoms with Crippen LogP contribution in [-0.4, -0.2) is 55.0 Å². The summed E-state index contributed by atoms with van der Waals surface area (Å²) in [6.45, 7) is 2.08. The summed E-state index contributed by atoms with van der Waals surface area (Å²) in [4.78, 5) is 51.6. The van der Waals surface area contributed by atoms with Gasteiger partial charge in [-0.15, -0.1) is 0 Å².